The highest BCUT2D eigenvalue weighted by molar-refractivity contribution is 5.73. The highest BCUT2D eigenvalue weighted by atomic mass is 16.5. The van der Waals surface area contributed by atoms with Gasteiger partial charge in [-0.3, -0.25) is 4.79 Å². The quantitative estimate of drug-likeness (QED) is 0.589. The second kappa shape index (κ2) is 3.08. The molecule has 68 valence electrons. The number of hydrogen-bond donors (Lipinski definition) is 0. The summed E-state index contributed by atoms with van der Waals surface area (Å²) < 4.78 is 5.04. The van der Waals surface area contributed by atoms with Crippen LogP contribution in [0.15, 0.2) is 0 Å². The second-order valence-corrected chi connectivity index (χ2v) is 3.95. The molecule has 0 radical (unpaired) electrons. The first-order chi connectivity index (χ1) is 5.83. The highest BCUT2D eigenvalue weighted by Crippen LogP contribution is 2.53. The van der Waals surface area contributed by atoms with Crippen LogP contribution in [0.1, 0.15) is 32.6 Å². The Bertz CT molecular complexity index is 188. The van der Waals surface area contributed by atoms with Crippen LogP contribution in [-0.2, 0) is 9.53 Å². The first-order valence-corrected chi connectivity index (χ1v) is 4.99. The Balaban J connectivity index is 1.90. The lowest BCUT2D eigenvalue weighted by molar-refractivity contribution is -0.149. The standard InChI is InChI=1S/C10H16O2/c1-2-12-10(11)8-5-3-4-7-6-9(7)8/h7-9H,2-6H2,1H3. The maximum Gasteiger partial charge on any atom is 0.309 e. The number of rotatable bonds is 2. The van der Waals surface area contributed by atoms with Crippen molar-refractivity contribution in [1.82, 2.24) is 0 Å². The topological polar surface area (TPSA) is 26.3 Å². The van der Waals surface area contributed by atoms with Crippen molar-refractivity contribution in [3.8, 4) is 0 Å². The van der Waals surface area contributed by atoms with Crippen LogP contribution in [-0.4, -0.2) is 12.6 Å². The van der Waals surface area contributed by atoms with Gasteiger partial charge in [-0.15, -0.1) is 0 Å². The Hall–Kier alpha value is -0.530. The minimum atomic E-state index is 0.0599. The van der Waals surface area contributed by atoms with E-state index in [1.54, 1.807) is 0 Å². The van der Waals surface area contributed by atoms with Crippen molar-refractivity contribution in [3.05, 3.63) is 0 Å². The van der Waals surface area contributed by atoms with Crippen LogP contribution < -0.4 is 0 Å². The molecule has 2 nitrogen and oxygen atoms in total. The van der Waals surface area contributed by atoms with Crippen molar-refractivity contribution < 1.29 is 9.53 Å². The summed E-state index contributed by atoms with van der Waals surface area (Å²) in [6.07, 6.45) is 4.93. The van der Waals surface area contributed by atoms with Crippen LogP contribution in [0.5, 0.6) is 0 Å². The molecule has 3 atom stereocenters. The molecular formula is C10H16O2. The van der Waals surface area contributed by atoms with Crippen molar-refractivity contribution >= 4 is 5.97 Å². The Labute approximate surface area is 73.3 Å². The zero-order valence-corrected chi connectivity index (χ0v) is 7.58. The molecule has 2 rings (SSSR count). The average molecular weight is 168 g/mol. The predicted octanol–water partition coefficient (Wildman–Crippen LogP) is 1.99. The first kappa shape index (κ1) is 8.09. The summed E-state index contributed by atoms with van der Waals surface area (Å²) in [6.45, 7) is 2.41. The zero-order chi connectivity index (χ0) is 8.55. The van der Waals surface area contributed by atoms with Crippen LogP contribution in [0.2, 0.25) is 0 Å². The van der Waals surface area contributed by atoms with Gasteiger partial charge >= 0.3 is 5.97 Å². The van der Waals surface area contributed by atoms with Gasteiger partial charge in [-0.2, -0.15) is 0 Å². The summed E-state index contributed by atoms with van der Waals surface area (Å²) in [4.78, 5) is 11.4. The lowest BCUT2D eigenvalue weighted by Gasteiger charge is -2.19. The van der Waals surface area contributed by atoms with E-state index in [0.717, 1.165) is 12.3 Å². The molecule has 2 fully saturated rings. The molecule has 0 heterocycles. The van der Waals surface area contributed by atoms with E-state index in [0.29, 0.717) is 12.5 Å². The Kier molecular flexibility index (Phi) is 2.07. The molecule has 0 amide bonds. The zero-order valence-electron chi connectivity index (χ0n) is 7.58. The maximum absolute atomic E-state index is 11.4. The van der Waals surface area contributed by atoms with E-state index in [2.05, 4.69) is 0 Å². The van der Waals surface area contributed by atoms with E-state index >= 15 is 0 Å². The molecule has 0 aromatic heterocycles. The highest BCUT2D eigenvalue weighted by Gasteiger charge is 2.48. The maximum atomic E-state index is 11.4. The lowest BCUT2D eigenvalue weighted by Crippen LogP contribution is -2.22. The fourth-order valence-corrected chi connectivity index (χ4v) is 2.45. The monoisotopic (exact) mass is 168 g/mol. The number of carbonyl (C=O) groups is 1. The molecule has 3 unspecified atom stereocenters. The Morgan fingerprint density at radius 3 is 3.08 bits per heavy atom. The van der Waals surface area contributed by atoms with Crippen molar-refractivity contribution in [3.63, 3.8) is 0 Å². The number of ether oxygens (including phenoxy) is 1. The van der Waals surface area contributed by atoms with E-state index < -0.39 is 0 Å². The summed E-state index contributed by atoms with van der Waals surface area (Å²) >= 11 is 0. The van der Waals surface area contributed by atoms with Crippen LogP contribution in [0.3, 0.4) is 0 Å². The minimum absolute atomic E-state index is 0.0599. The van der Waals surface area contributed by atoms with Gasteiger partial charge in [0.25, 0.3) is 0 Å². The summed E-state index contributed by atoms with van der Waals surface area (Å²) in [6, 6.07) is 0. The van der Waals surface area contributed by atoms with E-state index in [9.17, 15) is 4.79 Å². The number of hydrogen-bond acceptors (Lipinski definition) is 2. The second-order valence-electron chi connectivity index (χ2n) is 3.95. The van der Waals surface area contributed by atoms with E-state index in [4.69, 9.17) is 4.74 Å². The van der Waals surface area contributed by atoms with Gasteiger partial charge in [-0.05, 0) is 31.6 Å². The van der Waals surface area contributed by atoms with Crippen LogP contribution >= 0.6 is 0 Å². The number of carbonyl (C=O) groups excluding carboxylic acids is 1. The SMILES string of the molecule is CCOC(=O)C1CCCC2CC21. The number of fused-ring (bicyclic) bond motifs is 1. The third-order valence-electron chi connectivity index (χ3n) is 3.17. The third-order valence-corrected chi connectivity index (χ3v) is 3.17. The fourth-order valence-electron chi connectivity index (χ4n) is 2.45. The minimum Gasteiger partial charge on any atom is -0.466 e. The summed E-state index contributed by atoms with van der Waals surface area (Å²) in [5.74, 6) is 1.87. The van der Waals surface area contributed by atoms with E-state index in [1.807, 2.05) is 6.92 Å². The van der Waals surface area contributed by atoms with Gasteiger partial charge in [0.1, 0.15) is 0 Å². The van der Waals surface area contributed by atoms with Gasteiger partial charge < -0.3 is 4.74 Å². The van der Waals surface area contributed by atoms with Gasteiger partial charge in [0.05, 0.1) is 12.5 Å². The van der Waals surface area contributed by atoms with E-state index in [1.165, 1.54) is 19.3 Å². The average Bonchev–Trinajstić information content (AvgIpc) is 2.81. The summed E-state index contributed by atoms with van der Waals surface area (Å²) in [7, 11) is 0. The van der Waals surface area contributed by atoms with Crippen molar-refractivity contribution in [1.29, 1.82) is 0 Å². The van der Waals surface area contributed by atoms with Crippen LogP contribution in [0, 0.1) is 17.8 Å². The largest absolute Gasteiger partial charge is 0.466 e. The lowest BCUT2D eigenvalue weighted by atomic mass is 9.89. The molecular weight excluding hydrogens is 152 g/mol. The molecule has 2 heteroatoms. The summed E-state index contributed by atoms with van der Waals surface area (Å²) in [5.41, 5.74) is 0. The van der Waals surface area contributed by atoms with Gasteiger partial charge in [-0.25, -0.2) is 0 Å². The smallest absolute Gasteiger partial charge is 0.309 e. The van der Waals surface area contributed by atoms with Gasteiger partial charge in [0.2, 0.25) is 0 Å². The van der Waals surface area contributed by atoms with Gasteiger partial charge in [0, 0.05) is 0 Å². The molecule has 2 saturated carbocycles. The van der Waals surface area contributed by atoms with E-state index in [-0.39, 0.29) is 11.9 Å². The Morgan fingerprint density at radius 1 is 1.50 bits per heavy atom. The van der Waals surface area contributed by atoms with Crippen molar-refractivity contribution in [2.75, 3.05) is 6.61 Å². The molecule has 0 aliphatic heterocycles. The Morgan fingerprint density at radius 2 is 2.33 bits per heavy atom. The molecule has 0 saturated heterocycles. The molecule has 2 aliphatic rings. The third kappa shape index (κ3) is 1.35. The normalized spacial score (nSPS) is 38.6. The van der Waals surface area contributed by atoms with Gasteiger partial charge in [-0.1, -0.05) is 12.8 Å². The fraction of sp³-hybridized carbons (Fsp3) is 0.900. The van der Waals surface area contributed by atoms with Gasteiger partial charge in [0.15, 0.2) is 0 Å². The van der Waals surface area contributed by atoms with Crippen molar-refractivity contribution in [2.45, 2.75) is 32.6 Å². The molecule has 0 N–H and O–H groups in total. The number of esters is 1. The molecule has 0 aromatic carbocycles. The molecule has 12 heavy (non-hydrogen) atoms. The first-order valence-electron chi connectivity index (χ1n) is 4.99. The molecule has 0 bridgehead atoms. The molecule has 2 aliphatic carbocycles. The molecule has 0 spiro atoms. The van der Waals surface area contributed by atoms with Crippen LogP contribution in [0.25, 0.3) is 0 Å². The molecule has 0 aromatic rings. The predicted molar refractivity (Wildman–Crippen MR) is 45.6 cm³/mol. The van der Waals surface area contributed by atoms with Crippen molar-refractivity contribution in [2.24, 2.45) is 17.8 Å². The summed E-state index contributed by atoms with van der Waals surface area (Å²) in [5, 5.41) is 0. The van der Waals surface area contributed by atoms with Crippen LogP contribution in [0.4, 0.5) is 0 Å².